The Labute approximate surface area is 288 Å². The lowest BCUT2D eigenvalue weighted by Gasteiger charge is -2.62. The minimum atomic E-state index is 0.396. The highest BCUT2D eigenvalue weighted by Gasteiger charge is 2.87. The largest absolute Gasteiger partial charge is 0.297 e. The molecule has 2 heteroatoms. The zero-order valence-electron chi connectivity index (χ0n) is 28.1. The normalized spacial score (nSPS) is 72.5. The molecule has 1 aromatic heterocycles. The summed E-state index contributed by atoms with van der Waals surface area (Å²) in [6, 6.07) is 5.53. The van der Waals surface area contributed by atoms with Crippen LogP contribution < -0.4 is 0 Å². The average Bonchev–Trinajstić information content (AvgIpc) is 3.92. The molecule has 1 aromatic rings. The number of likely N-dealkylation sites (tertiary alicyclic amines) is 1. The highest BCUT2D eigenvalue weighted by Crippen LogP contribution is 2.92. The molecule has 242 valence electrons. The Hall–Kier alpha value is -1.38. The van der Waals surface area contributed by atoms with Gasteiger partial charge in [0.15, 0.2) is 0 Å². The van der Waals surface area contributed by atoms with Crippen LogP contribution >= 0.6 is 11.3 Å². The maximum atomic E-state index is 3.17. The van der Waals surface area contributed by atoms with Gasteiger partial charge in [-0.2, -0.15) is 0 Å². The van der Waals surface area contributed by atoms with Gasteiger partial charge in [-0.05, 0) is 187 Å². The molecule has 16 aliphatic carbocycles. The Morgan fingerprint density at radius 2 is 1.50 bits per heavy atom. The second-order valence-corrected chi connectivity index (χ2v) is 23.3. The van der Waals surface area contributed by atoms with E-state index < -0.39 is 0 Å². The minimum absolute atomic E-state index is 0.396. The van der Waals surface area contributed by atoms with Gasteiger partial charge >= 0.3 is 0 Å². The second kappa shape index (κ2) is 6.68. The van der Waals surface area contributed by atoms with Gasteiger partial charge in [-0.1, -0.05) is 52.2 Å². The fourth-order valence-electron chi connectivity index (χ4n) is 24.0. The number of rotatable bonds is 1. The number of hydrogen-bond donors (Lipinski definition) is 0. The Bertz CT molecular complexity index is 2030. The molecular formula is C46H47NS. The van der Waals surface area contributed by atoms with E-state index in [1.54, 1.807) is 30.6 Å². The van der Waals surface area contributed by atoms with E-state index in [1.807, 2.05) is 0 Å². The van der Waals surface area contributed by atoms with Crippen molar-refractivity contribution in [1.82, 2.24) is 4.90 Å². The predicted molar refractivity (Wildman–Crippen MR) is 184 cm³/mol. The van der Waals surface area contributed by atoms with E-state index in [0.717, 1.165) is 148 Å². The van der Waals surface area contributed by atoms with Gasteiger partial charge in [-0.15, -0.1) is 11.3 Å². The van der Waals surface area contributed by atoms with Crippen LogP contribution in [0.5, 0.6) is 0 Å². The van der Waals surface area contributed by atoms with Crippen molar-refractivity contribution in [3.63, 3.8) is 0 Å². The Balaban J connectivity index is 1.01. The van der Waals surface area contributed by atoms with Gasteiger partial charge in [0.25, 0.3) is 0 Å². The molecule has 13 fully saturated rings. The van der Waals surface area contributed by atoms with Crippen LogP contribution in [0, 0.1) is 153 Å². The molecule has 12 saturated carbocycles. The van der Waals surface area contributed by atoms with Gasteiger partial charge in [0.1, 0.15) is 0 Å². The van der Waals surface area contributed by atoms with Crippen LogP contribution in [0.15, 0.2) is 63.6 Å². The van der Waals surface area contributed by atoms with Crippen molar-refractivity contribution in [2.45, 2.75) is 38.1 Å². The van der Waals surface area contributed by atoms with Crippen LogP contribution in [-0.4, -0.2) is 18.5 Å². The smallest absolute Gasteiger partial charge is 0.0513 e. The van der Waals surface area contributed by atoms with Crippen molar-refractivity contribution in [3.05, 3.63) is 68.5 Å². The summed E-state index contributed by atoms with van der Waals surface area (Å²) >= 11 is 2.09. The topological polar surface area (TPSA) is 3.24 Å². The van der Waals surface area contributed by atoms with Gasteiger partial charge in [-0.3, -0.25) is 4.90 Å². The molecule has 1 aliphatic heterocycles. The molecule has 0 aromatic carbocycles. The molecule has 1 spiro atoms. The Morgan fingerprint density at radius 1 is 0.688 bits per heavy atom. The summed E-state index contributed by atoms with van der Waals surface area (Å²) in [5.41, 5.74) is 11.1. The molecule has 17 aliphatic rings. The molecule has 18 rings (SSSR count). The van der Waals surface area contributed by atoms with Gasteiger partial charge < -0.3 is 0 Å². The van der Waals surface area contributed by atoms with Crippen LogP contribution in [0.1, 0.15) is 43.0 Å². The summed E-state index contributed by atoms with van der Waals surface area (Å²) in [4.78, 5) is 4.62. The molecule has 1 saturated heterocycles. The first-order valence-electron chi connectivity index (χ1n) is 21.3. The van der Waals surface area contributed by atoms with Crippen molar-refractivity contribution in [1.29, 1.82) is 0 Å². The van der Waals surface area contributed by atoms with E-state index in [-0.39, 0.29) is 0 Å². The van der Waals surface area contributed by atoms with E-state index in [0.29, 0.717) is 11.5 Å². The average molecular weight is 646 g/mol. The summed E-state index contributed by atoms with van der Waals surface area (Å²) < 4.78 is 0. The van der Waals surface area contributed by atoms with Crippen molar-refractivity contribution in [3.8, 4) is 0 Å². The monoisotopic (exact) mass is 645 g/mol. The first-order chi connectivity index (χ1) is 23.7. The summed E-state index contributed by atoms with van der Waals surface area (Å²) in [5, 5.41) is 2.40. The molecule has 27 atom stereocenters. The number of nitrogens with zero attached hydrogens (tertiary/aromatic N) is 1. The molecule has 48 heavy (non-hydrogen) atoms. The maximum Gasteiger partial charge on any atom is 0.0513 e. The second-order valence-electron chi connectivity index (χ2n) is 22.3. The molecule has 2 heterocycles. The molecule has 27 unspecified atom stereocenters. The first-order valence-corrected chi connectivity index (χ1v) is 22.2. The maximum absolute atomic E-state index is 3.17. The van der Waals surface area contributed by atoms with Crippen LogP contribution in [0.25, 0.3) is 0 Å². The Kier molecular flexibility index (Phi) is 3.34. The fourth-order valence-corrected chi connectivity index (χ4v) is 25.0. The third kappa shape index (κ3) is 1.90. The molecule has 0 amide bonds. The summed E-state index contributed by atoms with van der Waals surface area (Å²) in [6.45, 7) is 1.35. The van der Waals surface area contributed by atoms with E-state index >= 15 is 0 Å². The van der Waals surface area contributed by atoms with Crippen LogP contribution in [0.2, 0.25) is 0 Å². The minimum Gasteiger partial charge on any atom is -0.297 e. The third-order valence-electron chi connectivity index (χ3n) is 22.7. The first kappa shape index (κ1) is 24.0. The van der Waals surface area contributed by atoms with E-state index in [9.17, 15) is 0 Å². The van der Waals surface area contributed by atoms with Crippen LogP contribution in [0.4, 0.5) is 0 Å². The van der Waals surface area contributed by atoms with Crippen molar-refractivity contribution in [2.75, 3.05) is 13.6 Å². The van der Waals surface area contributed by atoms with Crippen LogP contribution in [0.3, 0.4) is 0 Å². The van der Waals surface area contributed by atoms with Gasteiger partial charge in [0.05, 0.1) is 6.04 Å². The van der Waals surface area contributed by atoms with Gasteiger partial charge in [0.2, 0.25) is 0 Å². The SMILES string of the molecule is CN1CC23C=C4CC5C=C6CC7CC8CC9CC%10C=C(C%11C%12=C%10C9C9C8C8C7C6C6C5C5C4C2C%11C2C%12C9C8C6C52)C3C1c1cccs1. The highest BCUT2D eigenvalue weighted by molar-refractivity contribution is 7.10. The zero-order chi connectivity index (χ0) is 29.7. The quantitative estimate of drug-likeness (QED) is 0.278. The Morgan fingerprint density at radius 3 is 2.42 bits per heavy atom. The lowest BCUT2D eigenvalue weighted by molar-refractivity contribution is -0.140. The lowest BCUT2D eigenvalue weighted by atomic mass is 9.41. The number of fused-ring (bicyclic) bond motifs is 1. The third-order valence-corrected chi connectivity index (χ3v) is 23.7. The van der Waals surface area contributed by atoms with Crippen LogP contribution in [-0.2, 0) is 0 Å². The van der Waals surface area contributed by atoms with Gasteiger partial charge in [-0.25, -0.2) is 0 Å². The van der Waals surface area contributed by atoms with E-state index in [1.165, 1.54) is 13.0 Å². The molecular weight excluding hydrogens is 599 g/mol. The van der Waals surface area contributed by atoms with Crippen molar-refractivity contribution >= 4 is 11.3 Å². The standard InChI is InChI=1S/C46H47NS/c1-47-13-46-12-20-10-18-8-15-5-14-6-17-7-16-9-19-11-21(43(46)45(47)22-3-2-4-48-22)30-35-26(19)25(16)32-27(17)31-23(14)24(15)33-28(18)34-29(20)44(46)42(30)41-39(34)37(33)36(31)38(32)40(35)41/h2-4,8,11-12,14,16-19,23-25,27-34,36-45H,5-7,9-10,13H2,1H3. The van der Waals surface area contributed by atoms with Crippen molar-refractivity contribution < 1.29 is 0 Å². The summed E-state index contributed by atoms with van der Waals surface area (Å²) in [7, 11) is 2.57. The fraction of sp³-hybridized carbons (Fsp3) is 0.739. The van der Waals surface area contributed by atoms with Gasteiger partial charge in [0, 0.05) is 28.7 Å². The van der Waals surface area contributed by atoms with E-state index in [4.69, 9.17) is 0 Å². The molecule has 1 nitrogen and oxygen atoms in total. The summed E-state index contributed by atoms with van der Waals surface area (Å²) in [5.74, 6) is 25.9. The number of thiophene rings is 1. The summed E-state index contributed by atoms with van der Waals surface area (Å²) in [6.07, 6.45) is 17.3. The molecule has 0 radical (unpaired) electrons. The number of allylic oxidation sites excluding steroid dienone is 6. The lowest BCUT2D eigenvalue weighted by Crippen LogP contribution is -2.60. The number of hydrogen-bond acceptors (Lipinski definition) is 2. The predicted octanol–water partition coefficient (Wildman–Crippen LogP) is 8.37. The van der Waals surface area contributed by atoms with E-state index in [2.05, 4.69) is 86.9 Å². The molecule has 0 N–H and O–H groups in total. The zero-order valence-corrected chi connectivity index (χ0v) is 28.9. The molecule has 0 bridgehead atoms. The van der Waals surface area contributed by atoms with Crippen molar-refractivity contribution in [2.24, 2.45) is 153 Å². The highest BCUT2D eigenvalue weighted by atomic mass is 32.1.